The summed E-state index contributed by atoms with van der Waals surface area (Å²) in [5.41, 5.74) is 1.99. The molecule has 102 valence electrons. The Hall–Kier alpha value is -1.06. The fourth-order valence-corrected chi connectivity index (χ4v) is 1.39. The Morgan fingerprint density at radius 1 is 1.39 bits per heavy atom. The van der Waals surface area contributed by atoms with Gasteiger partial charge in [0.15, 0.2) is 0 Å². The van der Waals surface area contributed by atoms with E-state index in [1.165, 1.54) is 0 Å². The van der Waals surface area contributed by atoms with Gasteiger partial charge in [-0.25, -0.2) is 0 Å². The van der Waals surface area contributed by atoms with Crippen LogP contribution in [0.2, 0.25) is 0 Å². The van der Waals surface area contributed by atoms with E-state index in [1.54, 1.807) is 25.1 Å². The van der Waals surface area contributed by atoms with Crippen LogP contribution in [0.25, 0.3) is 0 Å². The third-order valence-corrected chi connectivity index (χ3v) is 2.23. The number of rotatable bonds is 5. The highest BCUT2D eigenvalue weighted by Gasteiger charge is 2.08. The average Bonchev–Trinajstić information content (AvgIpc) is 2.45. The van der Waals surface area contributed by atoms with Gasteiger partial charge in [0.1, 0.15) is 0 Å². The average molecular weight is 281 g/mol. The van der Waals surface area contributed by atoms with Gasteiger partial charge in [-0.1, -0.05) is 31.4 Å². The van der Waals surface area contributed by atoms with Gasteiger partial charge in [0.2, 0.25) is 5.91 Å². The van der Waals surface area contributed by atoms with Crippen molar-refractivity contribution in [3.63, 3.8) is 0 Å². The monoisotopic (exact) mass is 280 g/mol. The van der Waals surface area contributed by atoms with Gasteiger partial charge in [0.05, 0.1) is 6.54 Å². The molecule has 1 rings (SSSR count). The number of carbonyl (C=O) groups excluding carboxylic acids is 1. The van der Waals surface area contributed by atoms with E-state index < -0.39 is 39.1 Å². The van der Waals surface area contributed by atoms with Crippen LogP contribution >= 0.6 is 12.4 Å². The smallest absolute Gasteiger partial charge is 0.238 e. The molecule has 4 heteroatoms. The van der Waals surface area contributed by atoms with E-state index in [2.05, 4.69) is 5.32 Å². The molecule has 18 heavy (non-hydrogen) atoms. The minimum atomic E-state index is -3.40. The van der Waals surface area contributed by atoms with Crippen molar-refractivity contribution in [1.29, 1.82) is 0 Å². The number of hydrogen-bond acceptors (Lipinski definition) is 2. The maximum absolute atomic E-state index is 12.4. The first-order valence-corrected chi connectivity index (χ1v) is 5.06. The normalized spacial score (nSPS) is 21.3. The summed E-state index contributed by atoms with van der Waals surface area (Å²) in [4.78, 5) is 12.3. The van der Waals surface area contributed by atoms with Crippen LogP contribution in [0.4, 0.5) is 5.69 Å². The number of amides is 1. The Morgan fingerprint density at radius 3 is 2.61 bits per heavy atom. The maximum atomic E-state index is 12.4. The lowest BCUT2D eigenvalue weighted by Gasteiger charge is -2.17. The van der Waals surface area contributed by atoms with Crippen LogP contribution in [0.3, 0.4) is 0 Å². The maximum Gasteiger partial charge on any atom is 0.238 e. The summed E-state index contributed by atoms with van der Waals surface area (Å²) >= 11 is 0. The summed E-state index contributed by atoms with van der Waals surface area (Å²) in [6, 6.07) is 5.07. The number of hydrogen-bond donors (Lipinski definition) is 1. The molecule has 0 aliphatic heterocycles. The van der Waals surface area contributed by atoms with Crippen LogP contribution < -0.4 is 5.32 Å². The number of nitrogens with one attached hydrogen (secondary N) is 1. The molecule has 0 atom stereocenters. The summed E-state index contributed by atoms with van der Waals surface area (Å²) in [6.45, 7) is -11.1. The zero-order valence-electron chi connectivity index (χ0n) is 20.2. The molecule has 0 fully saturated rings. The van der Waals surface area contributed by atoms with Crippen molar-refractivity contribution >= 4 is 24.0 Å². The largest absolute Gasteiger partial charge is 0.325 e. The van der Waals surface area contributed by atoms with E-state index in [1.807, 2.05) is 6.92 Å². The second-order valence-electron chi connectivity index (χ2n) is 3.68. The molecule has 0 spiro atoms. The van der Waals surface area contributed by atoms with E-state index >= 15 is 0 Å². The standard InChI is InChI=1S/C14H22N2O.ClH/c1-5-16(6-2)10-14(17)15-13-8-7-11(3)9-12(13)4;/h7-9H,5-6,10H2,1-4H3,(H,15,17);1H/i1D3,2D3,5D2,6D2;. The van der Waals surface area contributed by atoms with Gasteiger partial charge in [-0.05, 0) is 38.5 Å². The number of aryl methyl sites for hydroxylation is 2. The number of halogens is 1. The van der Waals surface area contributed by atoms with Crippen LogP contribution in [-0.4, -0.2) is 30.3 Å². The third kappa shape index (κ3) is 5.07. The number of likely N-dealkylation sites (N-methyl/N-ethyl adjacent to an activating group) is 1. The van der Waals surface area contributed by atoms with Gasteiger partial charge < -0.3 is 5.32 Å². The van der Waals surface area contributed by atoms with Gasteiger partial charge in [-0.3, -0.25) is 9.69 Å². The Kier molecular flexibility index (Phi) is 2.88. The first-order chi connectivity index (χ1) is 11.9. The Balaban J connectivity index is 0.00000729. The molecule has 3 nitrogen and oxygen atoms in total. The molecule has 0 heterocycles. The van der Waals surface area contributed by atoms with Gasteiger partial charge in [0.25, 0.3) is 0 Å². The topological polar surface area (TPSA) is 32.3 Å². The highest BCUT2D eigenvalue weighted by molar-refractivity contribution is 5.93. The van der Waals surface area contributed by atoms with E-state index in [4.69, 9.17) is 13.7 Å². The minimum Gasteiger partial charge on any atom is -0.325 e. The van der Waals surface area contributed by atoms with Crippen LogP contribution in [-0.2, 0) is 4.79 Å². The minimum absolute atomic E-state index is 0. The summed E-state index contributed by atoms with van der Waals surface area (Å²) in [6.07, 6.45) is 0. The summed E-state index contributed by atoms with van der Waals surface area (Å²) < 4.78 is 74.9. The molecule has 1 aromatic carbocycles. The first kappa shape index (κ1) is 6.40. The molecule has 0 saturated heterocycles. The van der Waals surface area contributed by atoms with Gasteiger partial charge in [-0.15, -0.1) is 12.4 Å². The molecule has 1 amide bonds. The third-order valence-electron chi connectivity index (χ3n) is 2.23. The van der Waals surface area contributed by atoms with Gasteiger partial charge in [0, 0.05) is 19.4 Å². The molecule has 1 aromatic rings. The summed E-state index contributed by atoms with van der Waals surface area (Å²) in [7, 11) is 0. The molecule has 0 aromatic heterocycles. The molecule has 1 N–H and O–H groups in total. The van der Waals surface area contributed by atoms with Crippen molar-refractivity contribution in [1.82, 2.24) is 4.90 Å². The van der Waals surface area contributed by atoms with Crippen molar-refractivity contribution < 1.29 is 18.5 Å². The van der Waals surface area contributed by atoms with Crippen molar-refractivity contribution in [3.05, 3.63) is 29.3 Å². The van der Waals surface area contributed by atoms with Gasteiger partial charge >= 0.3 is 0 Å². The molecular formula is C14H23ClN2O. The van der Waals surface area contributed by atoms with Crippen molar-refractivity contribution in [2.75, 3.05) is 24.9 Å². The number of anilines is 1. The van der Waals surface area contributed by atoms with E-state index in [9.17, 15) is 4.79 Å². The molecule has 0 bridgehead atoms. The Labute approximate surface area is 130 Å². The fraction of sp³-hybridized carbons (Fsp3) is 0.500. The molecule has 0 aliphatic carbocycles. The van der Waals surface area contributed by atoms with Crippen molar-refractivity contribution in [2.24, 2.45) is 0 Å². The number of benzene rings is 1. The van der Waals surface area contributed by atoms with Crippen LogP contribution in [0.15, 0.2) is 18.2 Å². The second kappa shape index (κ2) is 8.11. The van der Waals surface area contributed by atoms with E-state index in [0.717, 1.165) is 5.56 Å². The van der Waals surface area contributed by atoms with Crippen LogP contribution in [0.5, 0.6) is 0 Å². The van der Waals surface area contributed by atoms with Gasteiger partial charge in [-0.2, -0.15) is 0 Å². The second-order valence-corrected chi connectivity index (χ2v) is 3.68. The highest BCUT2D eigenvalue weighted by atomic mass is 35.5. The predicted molar refractivity (Wildman–Crippen MR) is 79.6 cm³/mol. The highest BCUT2D eigenvalue weighted by Crippen LogP contribution is 2.15. The molecule has 0 unspecified atom stereocenters. The summed E-state index contributed by atoms with van der Waals surface area (Å²) in [5.74, 6) is -0.941. The lowest BCUT2D eigenvalue weighted by Crippen LogP contribution is -2.33. The fourth-order valence-electron chi connectivity index (χ4n) is 1.39. The molecular weight excluding hydrogens is 248 g/mol. The first-order valence-electron chi connectivity index (χ1n) is 10.1. The van der Waals surface area contributed by atoms with E-state index in [0.29, 0.717) is 11.3 Å². The quantitative estimate of drug-likeness (QED) is 0.899. The Morgan fingerprint density at radius 2 is 2.06 bits per heavy atom. The molecule has 0 saturated carbocycles. The SMILES string of the molecule is Cl.[2H]C([2H])([2H])C([2H])([2H])N(CC(=O)Nc1ccc(C)cc1C)C([2H])([2H])C([2H])([2H])[2H]. The molecule has 0 aliphatic rings. The zero-order chi connectivity index (χ0) is 21.4. The number of carbonyl (C=O) groups is 1. The summed E-state index contributed by atoms with van der Waals surface area (Å²) in [5, 5.41) is 2.43. The van der Waals surface area contributed by atoms with E-state index in [-0.39, 0.29) is 17.3 Å². The predicted octanol–water partition coefficient (Wildman–Crippen LogP) is 3.01. The lowest BCUT2D eigenvalue weighted by molar-refractivity contribution is -0.117. The van der Waals surface area contributed by atoms with Crippen molar-refractivity contribution in [3.8, 4) is 0 Å². The number of nitrogens with zero attached hydrogens (tertiary/aromatic N) is 1. The Bertz CT molecular complexity index is 676. The van der Waals surface area contributed by atoms with Crippen LogP contribution in [0.1, 0.15) is 38.5 Å². The zero-order valence-corrected chi connectivity index (χ0v) is 11.0. The van der Waals surface area contributed by atoms with Crippen molar-refractivity contribution in [2.45, 2.75) is 27.6 Å². The lowest BCUT2D eigenvalue weighted by atomic mass is 10.1. The molecule has 0 radical (unpaired) electrons. The van der Waals surface area contributed by atoms with Crippen LogP contribution in [0, 0.1) is 13.8 Å².